The van der Waals surface area contributed by atoms with Crippen LogP contribution in [-0.2, 0) is 17.9 Å². The molecule has 9 heteroatoms. The van der Waals surface area contributed by atoms with Gasteiger partial charge in [-0.05, 0) is 24.6 Å². The van der Waals surface area contributed by atoms with Gasteiger partial charge in [-0.2, -0.15) is 0 Å². The lowest BCUT2D eigenvalue weighted by molar-refractivity contribution is -0.125. The van der Waals surface area contributed by atoms with Crippen LogP contribution in [-0.4, -0.2) is 42.5 Å². The van der Waals surface area contributed by atoms with E-state index < -0.39 is 0 Å². The molecule has 150 valence electrons. The lowest BCUT2D eigenvalue weighted by Crippen LogP contribution is -2.40. The molecule has 0 saturated carbocycles. The predicted molar refractivity (Wildman–Crippen MR) is 105 cm³/mol. The van der Waals surface area contributed by atoms with E-state index in [4.69, 9.17) is 14.2 Å². The summed E-state index contributed by atoms with van der Waals surface area (Å²) >= 11 is 1.42. The molecular weight excluding hydrogens is 382 g/mol. The molecule has 1 N–H and O–H groups in total. The first-order chi connectivity index (χ1) is 13.5. The van der Waals surface area contributed by atoms with Crippen molar-refractivity contribution in [1.29, 1.82) is 0 Å². The zero-order valence-corrected chi connectivity index (χ0v) is 17.1. The summed E-state index contributed by atoms with van der Waals surface area (Å²) in [6, 6.07) is 3.59. The van der Waals surface area contributed by atoms with E-state index >= 15 is 0 Å². The minimum atomic E-state index is -0.305. The molecule has 28 heavy (non-hydrogen) atoms. The smallest absolute Gasteiger partial charge is 0.257 e. The Bertz CT molecular complexity index is 919. The number of aryl methyl sites for hydroxylation is 1. The first kappa shape index (κ1) is 20.1. The quantitative estimate of drug-likeness (QED) is 0.730. The van der Waals surface area contributed by atoms with Crippen LogP contribution in [0.15, 0.2) is 28.3 Å². The van der Waals surface area contributed by atoms with Crippen LogP contribution < -0.4 is 25.1 Å². The average Bonchev–Trinajstić information content (AvgIpc) is 2.73. The molecule has 1 atom stereocenters. The zero-order valence-electron chi connectivity index (χ0n) is 16.3. The molecule has 1 aliphatic rings. The summed E-state index contributed by atoms with van der Waals surface area (Å²) in [4.78, 5) is 29.2. The summed E-state index contributed by atoms with van der Waals surface area (Å²) in [6.45, 7) is 2.36. The van der Waals surface area contributed by atoms with Gasteiger partial charge in [-0.25, -0.2) is 4.98 Å². The molecular formula is C19H23N3O5S. The number of nitrogens with one attached hydrogen (secondary N) is 1. The summed E-state index contributed by atoms with van der Waals surface area (Å²) in [5.41, 5.74) is 1.30. The third kappa shape index (κ3) is 3.94. The third-order valence-electron chi connectivity index (χ3n) is 4.56. The van der Waals surface area contributed by atoms with Crippen molar-refractivity contribution in [2.75, 3.05) is 27.1 Å². The fourth-order valence-electron chi connectivity index (χ4n) is 3.03. The summed E-state index contributed by atoms with van der Waals surface area (Å²) in [7, 11) is 4.63. The van der Waals surface area contributed by atoms with Crippen molar-refractivity contribution < 1.29 is 19.0 Å². The van der Waals surface area contributed by atoms with Crippen molar-refractivity contribution >= 4 is 17.7 Å². The number of hydrogen-bond donors (Lipinski definition) is 1. The fourth-order valence-corrected chi connectivity index (χ4v) is 4.08. The Morgan fingerprint density at radius 2 is 1.93 bits per heavy atom. The third-order valence-corrected chi connectivity index (χ3v) is 5.71. The number of fused-ring (bicyclic) bond motifs is 1. The molecule has 8 nitrogen and oxygen atoms in total. The van der Waals surface area contributed by atoms with Crippen molar-refractivity contribution in [2.45, 2.75) is 25.2 Å². The SMILES string of the molecule is COc1cc(CNC(=O)C2CSc3ncc(C)c(=O)n3C2)cc(OC)c1OC. The summed E-state index contributed by atoms with van der Waals surface area (Å²) < 4.78 is 17.6. The van der Waals surface area contributed by atoms with Crippen molar-refractivity contribution in [3.8, 4) is 17.2 Å². The van der Waals surface area contributed by atoms with Gasteiger partial charge in [0.1, 0.15) is 0 Å². The molecule has 0 radical (unpaired) electrons. The maximum absolute atomic E-state index is 12.7. The minimum Gasteiger partial charge on any atom is -0.493 e. The normalized spacial score (nSPS) is 15.5. The second-order valence-corrected chi connectivity index (χ2v) is 7.39. The first-order valence-corrected chi connectivity index (χ1v) is 9.72. The fraction of sp³-hybridized carbons (Fsp3) is 0.421. The van der Waals surface area contributed by atoms with Gasteiger partial charge < -0.3 is 19.5 Å². The lowest BCUT2D eigenvalue weighted by atomic mass is 10.1. The molecule has 0 aliphatic carbocycles. The standard InChI is InChI=1S/C19H23N3O5S/c1-11-7-21-19-22(18(11)24)9-13(10-28-19)17(23)20-8-12-5-14(25-2)16(27-4)15(6-12)26-3/h5-7,13H,8-10H2,1-4H3,(H,20,23). The zero-order chi connectivity index (χ0) is 20.3. The number of ether oxygens (including phenoxy) is 3. The largest absolute Gasteiger partial charge is 0.493 e. The molecule has 0 bridgehead atoms. The van der Waals surface area contributed by atoms with Crippen LogP contribution in [0, 0.1) is 12.8 Å². The molecule has 3 rings (SSSR count). The van der Waals surface area contributed by atoms with Crippen molar-refractivity contribution in [2.24, 2.45) is 5.92 Å². The Labute approximate surface area is 167 Å². The van der Waals surface area contributed by atoms with Crippen LogP contribution in [0.2, 0.25) is 0 Å². The molecule has 1 aromatic carbocycles. The number of rotatable bonds is 6. The molecule has 0 fully saturated rings. The molecule has 2 heterocycles. The van der Waals surface area contributed by atoms with E-state index in [1.54, 1.807) is 51.1 Å². The summed E-state index contributed by atoms with van der Waals surface area (Å²) in [5, 5.41) is 3.59. The van der Waals surface area contributed by atoms with Crippen LogP contribution in [0.5, 0.6) is 17.2 Å². The summed E-state index contributed by atoms with van der Waals surface area (Å²) in [6.07, 6.45) is 1.58. The monoisotopic (exact) mass is 405 g/mol. The van der Waals surface area contributed by atoms with E-state index in [0.717, 1.165) is 5.56 Å². The van der Waals surface area contributed by atoms with Gasteiger partial charge >= 0.3 is 0 Å². The number of nitrogens with zero attached hydrogens (tertiary/aromatic N) is 2. The Hall–Kier alpha value is -2.68. The van der Waals surface area contributed by atoms with Gasteiger partial charge in [0.05, 0.1) is 27.2 Å². The van der Waals surface area contributed by atoms with Crippen LogP contribution in [0.1, 0.15) is 11.1 Å². The highest BCUT2D eigenvalue weighted by molar-refractivity contribution is 7.99. The molecule has 0 spiro atoms. The molecule has 2 aromatic rings. The first-order valence-electron chi connectivity index (χ1n) is 8.74. The van der Waals surface area contributed by atoms with Crippen LogP contribution in [0.4, 0.5) is 0 Å². The van der Waals surface area contributed by atoms with E-state index in [9.17, 15) is 9.59 Å². The molecule has 1 amide bonds. The molecule has 1 unspecified atom stereocenters. The van der Waals surface area contributed by atoms with Gasteiger partial charge in [-0.1, -0.05) is 11.8 Å². The van der Waals surface area contributed by atoms with Crippen LogP contribution >= 0.6 is 11.8 Å². The maximum atomic E-state index is 12.7. The Morgan fingerprint density at radius 3 is 2.54 bits per heavy atom. The molecule has 1 aliphatic heterocycles. The predicted octanol–water partition coefficient (Wildman–Crippen LogP) is 1.62. The topological polar surface area (TPSA) is 91.7 Å². The second-order valence-electron chi connectivity index (χ2n) is 6.40. The Balaban J connectivity index is 1.71. The maximum Gasteiger partial charge on any atom is 0.257 e. The number of carbonyl (C=O) groups is 1. The number of carbonyl (C=O) groups excluding carboxylic acids is 1. The highest BCUT2D eigenvalue weighted by Crippen LogP contribution is 2.38. The Kier molecular flexibility index (Phi) is 6.13. The number of amides is 1. The number of aromatic nitrogens is 2. The van der Waals surface area contributed by atoms with Gasteiger partial charge in [-0.3, -0.25) is 14.2 Å². The number of thioether (sulfide) groups is 1. The van der Waals surface area contributed by atoms with Gasteiger partial charge in [0.15, 0.2) is 16.7 Å². The van der Waals surface area contributed by atoms with E-state index in [1.165, 1.54) is 11.8 Å². The van der Waals surface area contributed by atoms with Gasteiger partial charge in [0, 0.05) is 30.6 Å². The number of hydrogen-bond acceptors (Lipinski definition) is 7. The number of methoxy groups -OCH3 is 3. The Morgan fingerprint density at radius 1 is 1.25 bits per heavy atom. The van der Waals surface area contributed by atoms with Gasteiger partial charge in [0.25, 0.3) is 5.56 Å². The van der Waals surface area contributed by atoms with Crippen LogP contribution in [0.25, 0.3) is 0 Å². The van der Waals surface area contributed by atoms with Gasteiger partial charge in [0.2, 0.25) is 11.7 Å². The van der Waals surface area contributed by atoms with E-state index in [1.807, 2.05) is 0 Å². The van der Waals surface area contributed by atoms with Crippen molar-refractivity contribution in [3.05, 3.63) is 39.8 Å². The minimum absolute atomic E-state index is 0.0976. The molecule has 0 saturated heterocycles. The van der Waals surface area contributed by atoms with E-state index in [2.05, 4.69) is 10.3 Å². The summed E-state index contributed by atoms with van der Waals surface area (Å²) in [5.74, 6) is 1.72. The van der Waals surface area contributed by atoms with Crippen LogP contribution in [0.3, 0.4) is 0 Å². The molecule has 1 aromatic heterocycles. The highest BCUT2D eigenvalue weighted by Gasteiger charge is 2.27. The second kappa shape index (κ2) is 8.55. The average molecular weight is 405 g/mol. The van der Waals surface area contributed by atoms with Crippen molar-refractivity contribution in [3.63, 3.8) is 0 Å². The van der Waals surface area contributed by atoms with E-state index in [-0.39, 0.29) is 17.4 Å². The van der Waals surface area contributed by atoms with Gasteiger partial charge in [-0.15, -0.1) is 0 Å². The number of benzene rings is 1. The highest BCUT2D eigenvalue weighted by atomic mass is 32.2. The lowest BCUT2D eigenvalue weighted by Gasteiger charge is -2.24. The van der Waals surface area contributed by atoms with E-state index in [0.29, 0.717) is 46.8 Å². The van der Waals surface area contributed by atoms with Crippen molar-refractivity contribution in [1.82, 2.24) is 14.9 Å².